The molecular formula is C22H18O4S. The molecular weight excluding hydrogens is 360 g/mol. The van der Waals surface area contributed by atoms with Gasteiger partial charge in [0.1, 0.15) is 0 Å². The molecule has 0 N–H and O–H groups in total. The van der Waals surface area contributed by atoms with Crippen molar-refractivity contribution >= 4 is 21.9 Å². The fourth-order valence-electron chi connectivity index (χ4n) is 2.93. The van der Waals surface area contributed by atoms with Crippen LogP contribution >= 0.6 is 0 Å². The number of benzene rings is 3. The molecule has 1 unspecified atom stereocenters. The Morgan fingerprint density at radius 1 is 0.852 bits per heavy atom. The zero-order valence-electron chi connectivity index (χ0n) is 14.7. The van der Waals surface area contributed by atoms with Crippen LogP contribution in [0.2, 0.25) is 0 Å². The van der Waals surface area contributed by atoms with Gasteiger partial charge in [-0.25, -0.2) is 8.42 Å². The van der Waals surface area contributed by atoms with Gasteiger partial charge in [-0.1, -0.05) is 72.3 Å². The highest BCUT2D eigenvalue weighted by Crippen LogP contribution is 2.33. The fraction of sp³-hybridized carbons (Fsp3) is 0.0909. The summed E-state index contributed by atoms with van der Waals surface area (Å²) in [6.07, 6.45) is 0.563. The van der Waals surface area contributed by atoms with E-state index in [2.05, 4.69) is 0 Å². The second-order valence-electron chi connectivity index (χ2n) is 6.22. The topological polar surface area (TPSA) is 68.3 Å². The van der Waals surface area contributed by atoms with Gasteiger partial charge in [0.05, 0.1) is 4.90 Å². The van der Waals surface area contributed by atoms with Gasteiger partial charge in [-0.05, 0) is 24.6 Å². The number of aldehydes is 1. The third-order valence-electron chi connectivity index (χ3n) is 4.35. The molecule has 0 fully saturated rings. The van der Waals surface area contributed by atoms with Crippen LogP contribution in [0.3, 0.4) is 0 Å². The number of aryl methyl sites for hydroxylation is 1. The molecule has 0 aliphatic heterocycles. The van der Waals surface area contributed by atoms with E-state index in [0.29, 0.717) is 11.8 Å². The maximum Gasteiger partial charge on any atom is 0.192 e. The van der Waals surface area contributed by atoms with Crippen molar-refractivity contribution in [2.75, 3.05) is 0 Å². The van der Waals surface area contributed by atoms with Crippen LogP contribution in [0.25, 0.3) is 0 Å². The molecule has 0 aliphatic carbocycles. The van der Waals surface area contributed by atoms with E-state index in [1.807, 2.05) is 6.92 Å². The molecule has 0 bridgehead atoms. The number of ketones is 1. The van der Waals surface area contributed by atoms with Gasteiger partial charge in [0.15, 0.2) is 27.2 Å². The van der Waals surface area contributed by atoms with Crippen LogP contribution < -0.4 is 0 Å². The quantitative estimate of drug-likeness (QED) is 0.476. The fourth-order valence-corrected chi connectivity index (χ4v) is 4.64. The first-order valence-electron chi connectivity index (χ1n) is 8.39. The van der Waals surface area contributed by atoms with Crippen molar-refractivity contribution in [3.8, 4) is 0 Å². The van der Waals surface area contributed by atoms with Crippen LogP contribution in [-0.2, 0) is 9.84 Å². The first-order chi connectivity index (χ1) is 12.9. The lowest BCUT2D eigenvalue weighted by Gasteiger charge is -2.18. The number of sulfone groups is 1. The van der Waals surface area contributed by atoms with Gasteiger partial charge in [0, 0.05) is 11.1 Å². The Morgan fingerprint density at radius 2 is 1.44 bits per heavy atom. The van der Waals surface area contributed by atoms with Crippen LogP contribution in [-0.4, -0.2) is 20.5 Å². The van der Waals surface area contributed by atoms with E-state index in [1.54, 1.807) is 54.6 Å². The second kappa shape index (κ2) is 7.68. The third kappa shape index (κ3) is 3.73. The maximum atomic E-state index is 13.3. The predicted octanol–water partition coefficient (Wildman–Crippen LogP) is 4.21. The summed E-state index contributed by atoms with van der Waals surface area (Å²) >= 11 is 0. The molecule has 5 heteroatoms. The summed E-state index contributed by atoms with van der Waals surface area (Å²) in [6.45, 7) is 1.86. The summed E-state index contributed by atoms with van der Waals surface area (Å²) in [5.74, 6) is -0.621. The first-order valence-corrected chi connectivity index (χ1v) is 9.93. The zero-order chi connectivity index (χ0) is 19.4. The minimum absolute atomic E-state index is 0.0684. The van der Waals surface area contributed by atoms with Gasteiger partial charge in [-0.2, -0.15) is 0 Å². The number of hydrogen-bond donors (Lipinski definition) is 0. The van der Waals surface area contributed by atoms with Gasteiger partial charge in [0.25, 0.3) is 0 Å². The van der Waals surface area contributed by atoms with E-state index in [-0.39, 0.29) is 16.0 Å². The Morgan fingerprint density at radius 3 is 2.07 bits per heavy atom. The molecule has 3 aromatic rings. The molecule has 0 saturated carbocycles. The Labute approximate surface area is 158 Å². The average molecular weight is 378 g/mol. The van der Waals surface area contributed by atoms with Crippen LogP contribution in [0.15, 0.2) is 83.8 Å². The van der Waals surface area contributed by atoms with Crippen molar-refractivity contribution in [3.05, 3.63) is 101 Å². The minimum atomic E-state index is -4.01. The van der Waals surface area contributed by atoms with Crippen LogP contribution in [0, 0.1) is 6.92 Å². The van der Waals surface area contributed by atoms with Gasteiger partial charge >= 0.3 is 0 Å². The van der Waals surface area contributed by atoms with Crippen LogP contribution in [0.4, 0.5) is 0 Å². The monoisotopic (exact) mass is 378 g/mol. The predicted molar refractivity (Wildman–Crippen MR) is 104 cm³/mol. The highest BCUT2D eigenvalue weighted by Gasteiger charge is 2.36. The lowest BCUT2D eigenvalue weighted by molar-refractivity contribution is 0.0980. The lowest BCUT2D eigenvalue weighted by atomic mass is 9.98. The minimum Gasteiger partial charge on any atom is -0.298 e. The molecule has 3 aromatic carbocycles. The van der Waals surface area contributed by atoms with Crippen molar-refractivity contribution in [3.63, 3.8) is 0 Å². The molecule has 136 valence electrons. The smallest absolute Gasteiger partial charge is 0.192 e. The second-order valence-corrected chi connectivity index (χ2v) is 8.25. The first kappa shape index (κ1) is 18.7. The summed E-state index contributed by atoms with van der Waals surface area (Å²) in [6, 6.07) is 21.0. The molecule has 0 aromatic heterocycles. The van der Waals surface area contributed by atoms with Gasteiger partial charge in [0.2, 0.25) is 0 Å². The molecule has 0 spiro atoms. The number of carbonyl (C=O) groups is 2. The van der Waals surface area contributed by atoms with E-state index >= 15 is 0 Å². The summed E-state index contributed by atoms with van der Waals surface area (Å²) in [4.78, 5) is 24.7. The zero-order valence-corrected chi connectivity index (χ0v) is 15.5. The number of rotatable bonds is 6. The Balaban J connectivity index is 2.19. The Kier molecular flexibility index (Phi) is 5.33. The van der Waals surface area contributed by atoms with E-state index in [0.717, 1.165) is 5.56 Å². The van der Waals surface area contributed by atoms with Crippen molar-refractivity contribution in [1.82, 2.24) is 0 Å². The molecule has 0 amide bonds. The molecule has 27 heavy (non-hydrogen) atoms. The summed E-state index contributed by atoms with van der Waals surface area (Å²) in [7, 11) is -4.01. The van der Waals surface area contributed by atoms with E-state index in [9.17, 15) is 18.0 Å². The summed E-state index contributed by atoms with van der Waals surface area (Å²) < 4.78 is 26.7. The van der Waals surface area contributed by atoms with E-state index in [4.69, 9.17) is 0 Å². The highest BCUT2D eigenvalue weighted by atomic mass is 32.2. The van der Waals surface area contributed by atoms with Crippen LogP contribution in [0.5, 0.6) is 0 Å². The Hall–Kier alpha value is -3.05. The van der Waals surface area contributed by atoms with Gasteiger partial charge in [-0.15, -0.1) is 0 Å². The summed E-state index contributed by atoms with van der Waals surface area (Å²) in [5, 5.41) is -1.43. The SMILES string of the molecule is Cc1ccc(S(=O)(=O)C(C(=O)c2ccccc2C=O)c2ccccc2)cc1. The van der Waals surface area contributed by atoms with Gasteiger partial charge in [-0.3, -0.25) is 9.59 Å². The van der Waals surface area contributed by atoms with Crippen molar-refractivity contribution in [2.24, 2.45) is 0 Å². The standard InChI is InChI=1S/C22H18O4S/c1-16-11-13-19(14-12-16)27(25,26)22(17-7-3-2-4-8-17)21(24)20-10-6-5-9-18(20)15-23/h2-15,22H,1H3. The van der Waals surface area contributed by atoms with E-state index < -0.39 is 20.9 Å². The third-order valence-corrected chi connectivity index (χ3v) is 6.39. The molecule has 3 rings (SSSR count). The van der Waals surface area contributed by atoms with Gasteiger partial charge < -0.3 is 0 Å². The normalized spacial score (nSPS) is 12.3. The molecule has 0 radical (unpaired) electrons. The largest absolute Gasteiger partial charge is 0.298 e. The Bertz CT molecular complexity index is 1070. The average Bonchev–Trinajstić information content (AvgIpc) is 2.69. The van der Waals surface area contributed by atoms with Crippen LogP contribution in [0.1, 0.15) is 37.1 Å². The highest BCUT2D eigenvalue weighted by molar-refractivity contribution is 7.92. The lowest BCUT2D eigenvalue weighted by Crippen LogP contribution is -2.24. The van der Waals surface area contributed by atoms with Crippen molar-refractivity contribution < 1.29 is 18.0 Å². The molecule has 0 aliphatic rings. The van der Waals surface area contributed by atoms with Crippen molar-refractivity contribution in [2.45, 2.75) is 17.1 Å². The molecule has 0 saturated heterocycles. The number of carbonyl (C=O) groups excluding carboxylic acids is 2. The molecule has 0 heterocycles. The number of hydrogen-bond acceptors (Lipinski definition) is 4. The molecule has 1 atom stereocenters. The summed E-state index contributed by atoms with van der Waals surface area (Å²) in [5.41, 5.74) is 1.55. The van der Waals surface area contributed by atoms with Crippen molar-refractivity contribution in [1.29, 1.82) is 0 Å². The number of Topliss-reactive ketones (excluding diaryl/α,β-unsaturated/α-hetero) is 1. The maximum absolute atomic E-state index is 13.3. The van der Waals surface area contributed by atoms with E-state index in [1.165, 1.54) is 24.3 Å². The molecule has 4 nitrogen and oxygen atoms in total.